The number of likely N-dealkylation sites (tertiary alicyclic amines) is 1. The first kappa shape index (κ1) is 20.2. The van der Waals surface area contributed by atoms with E-state index in [1.54, 1.807) is 16.7 Å². The third-order valence-corrected chi connectivity index (χ3v) is 6.28. The van der Waals surface area contributed by atoms with Crippen molar-refractivity contribution in [2.24, 2.45) is 5.92 Å². The van der Waals surface area contributed by atoms with Gasteiger partial charge in [0.15, 0.2) is 0 Å². The van der Waals surface area contributed by atoms with Crippen LogP contribution in [0, 0.1) is 5.92 Å². The van der Waals surface area contributed by atoms with E-state index >= 15 is 0 Å². The van der Waals surface area contributed by atoms with E-state index in [1.165, 1.54) is 31.5 Å². The van der Waals surface area contributed by atoms with Crippen LogP contribution in [0.1, 0.15) is 49.0 Å². The Hall–Kier alpha value is -1.53. The highest BCUT2D eigenvalue weighted by Gasteiger charge is 2.34. The smallest absolute Gasteiger partial charge is 0.255 e. The van der Waals surface area contributed by atoms with E-state index in [1.807, 2.05) is 24.3 Å². The summed E-state index contributed by atoms with van der Waals surface area (Å²) in [5, 5.41) is 2.99. The van der Waals surface area contributed by atoms with Crippen LogP contribution in [-0.4, -0.2) is 58.9 Å². The normalized spacial score (nSPS) is 20.4. The summed E-state index contributed by atoms with van der Waals surface area (Å²) in [6.07, 6.45) is 3.52. The Morgan fingerprint density at radius 1 is 1.19 bits per heavy atom. The zero-order valence-corrected chi connectivity index (χ0v) is 17.3. The predicted octanol–water partition coefficient (Wildman–Crippen LogP) is 2.96. The summed E-state index contributed by atoms with van der Waals surface area (Å²) >= 11 is 1.64. The van der Waals surface area contributed by atoms with Crippen LogP contribution >= 0.6 is 11.8 Å². The standard InChI is InChI=1S/C21H31N3O2S/c1-16(2)9-10-22-20(25)19-14-27-15-24(19)21(26)18-7-5-17(6-8-18)13-23-11-3-4-12-23/h5-8,16,19H,3-4,9-15H2,1-2H3,(H,22,25)/t19-/m0/s1. The van der Waals surface area contributed by atoms with Gasteiger partial charge in [0.1, 0.15) is 6.04 Å². The van der Waals surface area contributed by atoms with Gasteiger partial charge in [0.25, 0.3) is 5.91 Å². The van der Waals surface area contributed by atoms with E-state index in [0.29, 0.717) is 29.7 Å². The van der Waals surface area contributed by atoms with Crippen molar-refractivity contribution >= 4 is 23.6 Å². The van der Waals surface area contributed by atoms with Gasteiger partial charge in [0.05, 0.1) is 5.88 Å². The van der Waals surface area contributed by atoms with E-state index in [4.69, 9.17) is 0 Å². The summed E-state index contributed by atoms with van der Waals surface area (Å²) in [5.41, 5.74) is 1.91. The van der Waals surface area contributed by atoms with Crippen LogP contribution in [0.3, 0.4) is 0 Å². The molecule has 148 valence electrons. The number of carbonyl (C=O) groups excluding carboxylic acids is 2. The molecule has 2 saturated heterocycles. The summed E-state index contributed by atoms with van der Waals surface area (Å²) in [6, 6.07) is 7.55. The maximum absolute atomic E-state index is 12.9. The molecule has 0 aliphatic carbocycles. The number of carbonyl (C=O) groups is 2. The van der Waals surface area contributed by atoms with Gasteiger partial charge in [-0.15, -0.1) is 11.8 Å². The van der Waals surface area contributed by atoms with Crippen LogP contribution < -0.4 is 5.32 Å². The molecule has 3 rings (SSSR count). The van der Waals surface area contributed by atoms with Gasteiger partial charge in [-0.3, -0.25) is 14.5 Å². The molecule has 1 N–H and O–H groups in total. The summed E-state index contributed by atoms with van der Waals surface area (Å²) in [5.74, 6) is 1.74. The van der Waals surface area contributed by atoms with Crippen LogP contribution in [0.5, 0.6) is 0 Å². The maximum Gasteiger partial charge on any atom is 0.255 e. The van der Waals surface area contributed by atoms with Crippen LogP contribution in [0.2, 0.25) is 0 Å². The molecule has 1 aromatic rings. The number of nitrogens with zero attached hydrogens (tertiary/aromatic N) is 2. The van der Waals surface area contributed by atoms with Crippen LogP contribution in [0.25, 0.3) is 0 Å². The molecule has 1 atom stereocenters. The molecular weight excluding hydrogens is 358 g/mol. The van der Waals surface area contributed by atoms with Crippen molar-refractivity contribution in [2.75, 3.05) is 31.3 Å². The minimum atomic E-state index is -0.362. The van der Waals surface area contributed by atoms with E-state index < -0.39 is 0 Å². The first-order chi connectivity index (χ1) is 13.0. The second-order valence-electron chi connectivity index (χ2n) is 7.94. The number of hydrogen-bond donors (Lipinski definition) is 1. The molecule has 2 amide bonds. The maximum atomic E-state index is 12.9. The molecule has 1 aromatic carbocycles. The second-order valence-corrected chi connectivity index (χ2v) is 8.94. The number of hydrogen-bond acceptors (Lipinski definition) is 4. The quantitative estimate of drug-likeness (QED) is 0.779. The fourth-order valence-corrected chi connectivity index (χ4v) is 4.73. The summed E-state index contributed by atoms with van der Waals surface area (Å²) in [6.45, 7) is 8.24. The number of amides is 2. The number of rotatable bonds is 7. The fourth-order valence-electron chi connectivity index (χ4n) is 3.58. The SMILES string of the molecule is CC(C)CCNC(=O)[C@@H]1CSCN1C(=O)c1ccc(CN2CCCC2)cc1. The second kappa shape index (κ2) is 9.60. The number of nitrogens with one attached hydrogen (secondary N) is 1. The summed E-state index contributed by atoms with van der Waals surface area (Å²) in [4.78, 5) is 29.6. The Labute approximate surface area is 166 Å². The van der Waals surface area contributed by atoms with Gasteiger partial charge >= 0.3 is 0 Å². The van der Waals surface area contributed by atoms with Gasteiger partial charge < -0.3 is 10.2 Å². The average molecular weight is 390 g/mol. The monoisotopic (exact) mass is 389 g/mol. The van der Waals surface area contributed by atoms with Crippen LogP contribution in [0.15, 0.2) is 24.3 Å². The molecule has 0 spiro atoms. The highest BCUT2D eigenvalue weighted by molar-refractivity contribution is 7.99. The van der Waals surface area contributed by atoms with Crippen molar-refractivity contribution in [2.45, 2.75) is 45.7 Å². The molecule has 5 nitrogen and oxygen atoms in total. The van der Waals surface area contributed by atoms with Gasteiger partial charge in [0, 0.05) is 24.4 Å². The number of benzene rings is 1. The molecule has 0 bridgehead atoms. The molecule has 0 radical (unpaired) electrons. The van der Waals surface area contributed by atoms with Gasteiger partial charge in [-0.2, -0.15) is 0 Å². The van der Waals surface area contributed by atoms with Crippen molar-refractivity contribution < 1.29 is 9.59 Å². The molecule has 0 unspecified atom stereocenters. The zero-order valence-electron chi connectivity index (χ0n) is 16.4. The Kier molecular flexibility index (Phi) is 7.19. The average Bonchev–Trinajstić information content (AvgIpc) is 3.33. The van der Waals surface area contributed by atoms with Gasteiger partial charge in [0.2, 0.25) is 5.91 Å². The molecule has 27 heavy (non-hydrogen) atoms. The lowest BCUT2D eigenvalue weighted by molar-refractivity contribution is -0.124. The molecule has 2 aliphatic rings. The van der Waals surface area contributed by atoms with Gasteiger partial charge in [-0.1, -0.05) is 26.0 Å². The molecule has 6 heteroatoms. The lowest BCUT2D eigenvalue weighted by atomic mass is 10.1. The molecule has 2 aliphatic heterocycles. The molecule has 2 heterocycles. The Morgan fingerprint density at radius 3 is 2.56 bits per heavy atom. The van der Waals surface area contributed by atoms with Crippen LogP contribution in [0.4, 0.5) is 0 Å². The topological polar surface area (TPSA) is 52.7 Å². The lowest BCUT2D eigenvalue weighted by Crippen LogP contribution is -2.47. The third-order valence-electron chi connectivity index (χ3n) is 5.27. The molecular formula is C21H31N3O2S. The predicted molar refractivity (Wildman–Crippen MR) is 111 cm³/mol. The first-order valence-corrected chi connectivity index (χ1v) is 11.2. The minimum absolute atomic E-state index is 0.0281. The van der Waals surface area contributed by atoms with Gasteiger partial charge in [-0.05, 0) is 56.0 Å². The lowest BCUT2D eigenvalue weighted by Gasteiger charge is -2.23. The van der Waals surface area contributed by atoms with Crippen molar-refractivity contribution in [1.82, 2.24) is 15.1 Å². The molecule has 2 fully saturated rings. The Bertz CT molecular complexity index is 641. The van der Waals surface area contributed by atoms with Crippen molar-refractivity contribution in [3.63, 3.8) is 0 Å². The van der Waals surface area contributed by atoms with Gasteiger partial charge in [-0.25, -0.2) is 0 Å². The van der Waals surface area contributed by atoms with Crippen LogP contribution in [-0.2, 0) is 11.3 Å². The van der Waals surface area contributed by atoms with Crippen molar-refractivity contribution in [3.8, 4) is 0 Å². The van der Waals surface area contributed by atoms with E-state index in [2.05, 4.69) is 24.1 Å². The van der Waals surface area contributed by atoms with E-state index in [9.17, 15) is 9.59 Å². The largest absolute Gasteiger partial charge is 0.354 e. The van der Waals surface area contributed by atoms with E-state index in [0.717, 1.165) is 13.0 Å². The molecule has 0 aromatic heterocycles. The van der Waals surface area contributed by atoms with E-state index in [-0.39, 0.29) is 17.9 Å². The van der Waals surface area contributed by atoms with Crippen molar-refractivity contribution in [1.29, 1.82) is 0 Å². The third kappa shape index (κ3) is 5.48. The highest BCUT2D eigenvalue weighted by Crippen LogP contribution is 2.24. The molecule has 0 saturated carbocycles. The minimum Gasteiger partial charge on any atom is -0.354 e. The Morgan fingerprint density at radius 2 is 1.89 bits per heavy atom. The first-order valence-electron chi connectivity index (χ1n) is 10.0. The fraction of sp³-hybridized carbons (Fsp3) is 0.619. The highest BCUT2D eigenvalue weighted by atomic mass is 32.2. The Balaban J connectivity index is 1.57. The van der Waals surface area contributed by atoms with Crippen molar-refractivity contribution in [3.05, 3.63) is 35.4 Å². The summed E-state index contributed by atoms with van der Waals surface area (Å²) < 4.78 is 0. The number of thioether (sulfide) groups is 1. The zero-order chi connectivity index (χ0) is 19.2. The summed E-state index contributed by atoms with van der Waals surface area (Å²) in [7, 11) is 0.